The molecule has 0 amide bonds. The van der Waals surface area contributed by atoms with Crippen LogP contribution in [0.3, 0.4) is 0 Å². The molecule has 0 N–H and O–H groups in total. The highest BCUT2D eigenvalue weighted by Crippen LogP contribution is 2.17. The molecule has 4 heteroatoms. The van der Waals surface area contributed by atoms with E-state index in [2.05, 4.69) is 0 Å². The highest BCUT2D eigenvalue weighted by molar-refractivity contribution is 7.16. The Morgan fingerprint density at radius 3 is 2.28 bits per heavy atom. The number of carboxylic acid groups (broad SMARTS) is 1. The van der Waals surface area contributed by atoms with Crippen LogP contribution >= 0.6 is 11.3 Å². The van der Waals surface area contributed by atoms with Gasteiger partial charge in [-0.3, -0.25) is 4.79 Å². The van der Waals surface area contributed by atoms with E-state index in [4.69, 9.17) is 0 Å². The number of carboxylic acids is 1. The van der Waals surface area contributed by atoms with Crippen LogP contribution in [0.25, 0.3) is 6.08 Å². The zero-order chi connectivity index (χ0) is 13.0. The molecule has 0 saturated carbocycles. The van der Waals surface area contributed by atoms with Gasteiger partial charge in [0.05, 0.1) is 15.7 Å². The fourth-order valence-corrected chi connectivity index (χ4v) is 2.16. The van der Waals surface area contributed by atoms with Gasteiger partial charge in [0, 0.05) is 0 Å². The predicted molar refractivity (Wildman–Crippen MR) is 68.5 cm³/mol. The van der Waals surface area contributed by atoms with Crippen molar-refractivity contribution in [2.24, 2.45) is 0 Å². The minimum absolute atomic E-state index is 0.0615. The number of rotatable bonds is 4. The van der Waals surface area contributed by atoms with E-state index in [9.17, 15) is 14.7 Å². The van der Waals surface area contributed by atoms with Gasteiger partial charge in [0.2, 0.25) is 0 Å². The van der Waals surface area contributed by atoms with Crippen LogP contribution < -0.4 is 5.11 Å². The quantitative estimate of drug-likeness (QED) is 0.622. The lowest BCUT2D eigenvalue weighted by atomic mass is 10.2. The average molecular weight is 257 g/mol. The Kier molecular flexibility index (Phi) is 3.69. The molecule has 2 aromatic rings. The summed E-state index contributed by atoms with van der Waals surface area (Å²) in [6.45, 7) is 0. The van der Waals surface area contributed by atoms with E-state index >= 15 is 0 Å². The summed E-state index contributed by atoms with van der Waals surface area (Å²) in [5.74, 6) is -1.47. The Hall–Kier alpha value is -2.20. The minimum atomic E-state index is -1.26. The highest BCUT2D eigenvalue weighted by atomic mass is 32.1. The molecule has 90 valence electrons. The van der Waals surface area contributed by atoms with E-state index < -0.39 is 5.97 Å². The fraction of sp³-hybridized carbons (Fsp3) is 0. The minimum Gasteiger partial charge on any atom is -0.544 e. The smallest absolute Gasteiger partial charge is 0.195 e. The van der Waals surface area contributed by atoms with Gasteiger partial charge in [-0.25, -0.2) is 0 Å². The molecule has 0 unspecified atom stereocenters. The number of ketones is 1. The largest absolute Gasteiger partial charge is 0.544 e. The predicted octanol–water partition coefficient (Wildman–Crippen LogP) is 2.01. The lowest BCUT2D eigenvalue weighted by Crippen LogP contribution is -2.20. The van der Waals surface area contributed by atoms with Gasteiger partial charge in [0.1, 0.15) is 0 Å². The first kappa shape index (κ1) is 12.3. The van der Waals surface area contributed by atoms with Gasteiger partial charge < -0.3 is 9.90 Å². The van der Waals surface area contributed by atoms with Gasteiger partial charge in [-0.2, -0.15) is 0 Å². The highest BCUT2D eigenvalue weighted by Gasteiger charge is 2.06. The van der Waals surface area contributed by atoms with E-state index in [0.29, 0.717) is 4.88 Å². The van der Waals surface area contributed by atoms with Crippen LogP contribution in [0.5, 0.6) is 0 Å². The first-order valence-corrected chi connectivity index (χ1v) is 6.07. The SMILES string of the molecule is O=C([O-])c1ccc(C(=O)/C=C/c2ccccc2)s1. The van der Waals surface area contributed by atoms with E-state index in [1.165, 1.54) is 18.2 Å². The molecule has 1 aromatic heterocycles. The Bertz CT molecular complexity index is 597. The van der Waals surface area contributed by atoms with Gasteiger partial charge in [-0.05, 0) is 23.8 Å². The van der Waals surface area contributed by atoms with Crippen molar-refractivity contribution in [2.45, 2.75) is 0 Å². The molecule has 3 nitrogen and oxygen atoms in total. The Morgan fingerprint density at radius 2 is 1.67 bits per heavy atom. The zero-order valence-electron chi connectivity index (χ0n) is 9.33. The van der Waals surface area contributed by atoms with Crippen molar-refractivity contribution in [3.05, 3.63) is 63.9 Å². The van der Waals surface area contributed by atoms with E-state index in [1.807, 2.05) is 30.3 Å². The third-order valence-electron chi connectivity index (χ3n) is 2.28. The van der Waals surface area contributed by atoms with Crippen LogP contribution in [0.4, 0.5) is 0 Å². The molecule has 0 atom stereocenters. The summed E-state index contributed by atoms with van der Waals surface area (Å²) in [7, 11) is 0. The first-order chi connectivity index (χ1) is 8.66. The standard InChI is InChI=1S/C14H10O3S/c15-11(7-6-10-4-2-1-3-5-10)12-8-9-13(18-12)14(16)17/h1-9H,(H,16,17)/p-1/b7-6+. The molecule has 0 aliphatic carbocycles. The summed E-state index contributed by atoms with van der Waals surface area (Å²) in [5.41, 5.74) is 0.919. The van der Waals surface area contributed by atoms with Crippen LogP contribution in [0.1, 0.15) is 24.9 Å². The average Bonchev–Trinajstić information content (AvgIpc) is 2.87. The van der Waals surface area contributed by atoms with Crippen LogP contribution in [0, 0.1) is 0 Å². The van der Waals surface area contributed by atoms with Crippen LogP contribution in [0.2, 0.25) is 0 Å². The summed E-state index contributed by atoms with van der Waals surface area (Å²) in [6.07, 6.45) is 3.13. The van der Waals surface area contributed by atoms with Crippen molar-refractivity contribution in [3.8, 4) is 0 Å². The number of aromatic carboxylic acids is 1. The second kappa shape index (κ2) is 5.42. The summed E-state index contributed by atoms with van der Waals surface area (Å²) in [6, 6.07) is 12.3. The van der Waals surface area contributed by atoms with Crippen molar-refractivity contribution < 1.29 is 14.7 Å². The zero-order valence-corrected chi connectivity index (χ0v) is 10.1. The van der Waals surface area contributed by atoms with Crippen LogP contribution in [-0.4, -0.2) is 11.8 Å². The molecule has 0 fully saturated rings. The molecule has 1 heterocycles. The number of hydrogen-bond donors (Lipinski definition) is 0. The fourth-order valence-electron chi connectivity index (χ4n) is 1.40. The normalized spacial score (nSPS) is 10.7. The lowest BCUT2D eigenvalue weighted by molar-refractivity contribution is -0.254. The summed E-state index contributed by atoms with van der Waals surface area (Å²) < 4.78 is 0. The Balaban J connectivity index is 2.12. The van der Waals surface area contributed by atoms with Crippen LogP contribution in [-0.2, 0) is 0 Å². The van der Waals surface area contributed by atoms with E-state index in [0.717, 1.165) is 16.9 Å². The van der Waals surface area contributed by atoms with E-state index in [-0.39, 0.29) is 10.7 Å². The van der Waals surface area contributed by atoms with Crippen LogP contribution in [0.15, 0.2) is 48.5 Å². The maximum absolute atomic E-state index is 11.8. The maximum atomic E-state index is 11.8. The number of thiophene rings is 1. The molecule has 0 aliphatic heterocycles. The topological polar surface area (TPSA) is 57.2 Å². The molecule has 0 saturated heterocycles. The third kappa shape index (κ3) is 2.93. The Morgan fingerprint density at radius 1 is 1.00 bits per heavy atom. The number of carbonyl (C=O) groups excluding carboxylic acids is 2. The van der Waals surface area contributed by atoms with Crippen molar-refractivity contribution in [3.63, 3.8) is 0 Å². The number of carbonyl (C=O) groups is 2. The Labute approximate surface area is 108 Å². The van der Waals surface area contributed by atoms with Crippen molar-refractivity contribution in [2.75, 3.05) is 0 Å². The lowest BCUT2D eigenvalue weighted by Gasteiger charge is -1.94. The number of benzene rings is 1. The van der Waals surface area contributed by atoms with Crippen molar-refractivity contribution >= 4 is 29.2 Å². The van der Waals surface area contributed by atoms with Gasteiger partial charge in [-0.1, -0.05) is 36.4 Å². The molecule has 18 heavy (non-hydrogen) atoms. The van der Waals surface area contributed by atoms with Crippen molar-refractivity contribution in [1.82, 2.24) is 0 Å². The summed E-state index contributed by atoms with van der Waals surface area (Å²) >= 11 is 0.921. The molecular formula is C14H9O3S-. The van der Waals surface area contributed by atoms with Gasteiger partial charge >= 0.3 is 0 Å². The summed E-state index contributed by atoms with van der Waals surface area (Å²) in [4.78, 5) is 22.8. The molecule has 0 aliphatic rings. The maximum Gasteiger partial charge on any atom is 0.195 e. The number of allylic oxidation sites excluding steroid dienone is 1. The second-order valence-electron chi connectivity index (χ2n) is 3.56. The number of hydrogen-bond acceptors (Lipinski definition) is 4. The second-order valence-corrected chi connectivity index (χ2v) is 4.64. The van der Waals surface area contributed by atoms with Crippen molar-refractivity contribution in [1.29, 1.82) is 0 Å². The molecule has 0 spiro atoms. The molecular weight excluding hydrogens is 248 g/mol. The molecule has 0 bridgehead atoms. The first-order valence-electron chi connectivity index (χ1n) is 5.25. The molecule has 2 rings (SSSR count). The molecule has 1 aromatic carbocycles. The molecule has 0 radical (unpaired) electrons. The van der Waals surface area contributed by atoms with Gasteiger partial charge in [0.15, 0.2) is 5.78 Å². The monoisotopic (exact) mass is 257 g/mol. The third-order valence-corrected chi connectivity index (χ3v) is 3.36. The van der Waals surface area contributed by atoms with Gasteiger partial charge in [0.25, 0.3) is 0 Å². The van der Waals surface area contributed by atoms with Gasteiger partial charge in [-0.15, -0.1) is 11.3 Å². The van der Waals surface area contributed by atoms with E-state index in [1.54, 1.807) is 6.08 Å². The summed E-state index contributed by atoms with van der Waals surface area (Å²) in [5, 5.41) is 10.6.